The van der Waals surface area contributed by atoms with E-state index in [1.165, 1.54) is 7.11 Å². The van der Waals surface area contributed by atoms with Crippen LogP contribution < -0.4 is 9.47 Å². The first-order valence-corrected chi connectivity index (χ1v) is 10.2. The molecule has 2 aliphatic heterocycles. The van der Waals surface area contributed by atoms with Crippen LogP contribution in [0.2, 0.25) is 0 Å². The molecule has 2 aliphatic rings. The van der Waals surface area contributed by atoms with Crippen LogP contribution in [0.3, 0.4) is 0 Å². The predicted molar refractivity (Wildman–Crippen MR) is 112 cm³/mol. The van der Waals surface area contributed by atoms with E-state index >= 15 is 8.63 Å². The van der Waals surface area contributed by atoms with Gasteiger partial charge in [0.2, 0.25) is 4.62 Å². The fraction of sp³-hybridized carbons (Fsp3) is 0.118. The Kier molecular flexibility index (Phi) is 4.63. The maximum absolute atomic E-state index is 15.3. The molecule has 4 nitrogen and oxygen atoms in total. The standard InChI is InChI=1S/C17H12BBr3F2N2O2/c1-26-12-6-3-9(16(21)17(12)27-2)15-10-4-7-13(19)24(10)18(22,23)25-11(15)5-8-14(25)20/h3-8H,1-2H3. The maximum atomic E-state index is 15.3. The maximum Gasteiger partial charge on any atom is 0.738 e. The van der Waals surface area contributed by atoms with Gasteiger partial charge < -0.3 is 27.1 Å². The van der Waals surface area contributed by atoms with Gasteiger partial charge in [0.25, 0.3) is 0 Å². The molecule has 1 aromatic heterocycles. The summed E-state index contributed by atoms with van der Waals surface area (Å²) >= 11 is 10.1. The molecule has 0 amide bonds. The fourth-order valence-electron chi connectivity index (χ4n) is 3.49. The third kappa shape index (κ3) is 2.60. The molecular weight excluding hydrogens is 553 g/mol. The van der Waals surface area contributed by atoms with Crippen LogP contribution in [0.1, 0.15) is 11.3 Å². The molecule has 0 spiro atoms. The average molecular weight is 565 g/mol. The summed E-state index contributed by atoms with van der Waals surface area (Å²) in [5, 5.41) is 0. The summed E-state index contributed by atoms with van der Waals surface area (Å²) in [6.45, 7) is -4.05. The monoisotopic (exact) mass is 562 g/mol. The Morgan fingerprint density at radius 3 is 2.41 bits per heavy atom. The van der Waals surface area contributed by atoms with Crippen LogP contribution in [0.5, 0.6) is 11.5 Å². The van der Waals surface area contributed by atoms with Gasteiger partial charge in [0.05, 0.1) is 28.9 Å². The second-order valence-corrected chi connectivity index (χ2v) is 8.37. The lowest BCUT2D eigenvalue weighted by atomic mass is 9.86. The second-order valence-electron chi connectivity index (χ2n) is 5.95. The first kappa shape index (κ1) is 19.0. The highest BCUT2D eigenvalue weighted by Crippen LogP contribution is 2.47. The van der Waals surface area contributed by atoms with Gasteiger partial charge in [0.1, 0.15) is 0 Å². The molecule has 3 heterocycles. The minimum atomic E-state index is -4.05. The highest BCUT2D eigenvalue weighted by molar-refractivity contribution is 9.18. The lowest BCUT2D eigenvalue weighted by molar-refractivity contribution is -0.358. The Bertz CT molecular complexity index is 1080. The van der Waals surface area contributed by atoms with E-state index in [1.54, 1.807) is 37.5 Å². The van der Waals surface area contributed by atoms with Crippen LogP contribution in [0.25, 0.3) is 5.57 Å². The highest BCUT2D eigenvalue weighted by atomic mass is 79.9. The van der Waals surface area contributed by atoms with Crippen molar-refractivity contribution in [3.8, 4) is 11.5 Å². The molecule has 140 valence electrons. The Balaban J connectivity index is 2.09. The van der Waals surface area contributed by atoms with Gasteiger partial charge in [-0.15, -0.1) is 0 Å². The molecule has 0 unspecified atom stereocenters. The first-order valence-electron chi connectivity index (χ1n) is 7.87. The van der Waals surface area contributed by atoms with E-state index in [4.69, 9.17) is 9.47 Å². The number of allylic oxidation sites excluding steroid dienone is 2. The first-order chi connectivity index (χ1) is 12.8. The van der Waals surface area contributed by atoms with E-state index < -0.39 is 6.97 Å². The molecule has 27 heavy (non-hydrogen) atoms. The zero-order valence-electron chi connectivity index (χ0n) is 14.1. The molecule has 2 aromatic rings. The normalized spacial score (nSPS) is 17.3. The molecule has 1 aromatic carbocycles. The van der Waals surface area contributed by atoms with Crippen LogP contribution in [-0.2, 0) is 0 Å². The number of fused-ring (bicyclic) bond motifs is 2. The van der Waals surface area contributed by atoms with Crippen molar-refractivity contribution < 1.29 is 22.6 Å². The number of ether oxygens (including phenoxy) is 2. The Morgan fingerprint density at radius 1 is 1.00 bits per heavy atom. The van der Waals surface area contributed by atoms with Crippen molar-refractivity contribution in [1.29, 1.82) is 0 Å². The number of rotatable bonds is 3. The van der Waals surface area contributed by atoms with Crippen molar-refractivity contribution in [2.24, 2.45) is 0 Å². The van der Waals surface area contributed by atoms with Gasteiger partial charge >= 0.3 is 6.97 Å². The quantitative estimate of drug-likeness (QED) is 0.467. The van der Waals surface area contributed by atoms with Crippen LogP contribution in [-0.4, -0.2) is 34.8 Å². The summed E-state index contributed by atoms with van der Waals surface area (Å²) in [5.74, 6) is 1.05. The van der Waals surface area contributed by atoms with Crippen LogP contribution >= 0.6 is 47.8 Å². The molecule has 0 bridgehead atoms. The SMILES string of the molecule is COc1ccc(C2=C3C=CC(Br)=[N+]3[B-](F)(F)n3c(Br)ccc32)c(Br)c1OC. The van der Waals surface area contributed by atoms with Crippen molar-refractivity contribution in [3.05, 3.63) is 62.4 Å². The van der Waals surface area contributed by atoms with Gasteiger partial charge in [-0.25, -0.2) is 0 Å². The number of benzene rings is 1. The average Bonchev–Trinajstić information content (AvgIpc) is 3.20. The Morgan fingerprint density at radius 2 is 1.74 bits per heavy atom. The van der Waals surface area contributed by atoms with E-state index in [-0.39, 0.29) is 0 Å². The van der Waals surface area contributed by atoms with E-state index in [0.717, 1.165) is 14.5 Å². The van der Waals surface area contributed by atoms with Crippen molar-refractivity contribution in [2.45, 2.75) is 0 Å². The molecule has 0 aliphatic carbocycles. The summed E-state index contributed by atoms with van der Waals surface area (Å²) in [6.07, 6.45) is 3.31. The summed E-state index contributed by atoms with van der Waals surface area (Å²) in [5.41, 5.74) is 2.21. The third-order valence-corrected chi connectivity index (χ3v) is 6.70. The summed E-state index contributed by atoms with van der Waals surface area (Å²) in [4.78, 5) is 0. The second kappa shape index (κ2) is 6.60. The molecular formula is C17H12BBr3F2N2O2. The molecule has 0 saturated carbocycles. The highest BCUT2D eigenvalue weighted by Gasteiger charge is 2.54. The molecule has 10 heteroatoms. The van der Waals surface area contributed by atoms with Gasteiger partial charge in [-0.2, -0.15) is 0 Å². The van der Waals surface area contributed by atoms with Crippen molar-refractivity contribution in [3.63, 3.8) is 0 Å². The summed E-state index contributed by atoms with van der Waals surface area (Å²) in [6, 6.07) is 6.89. The summed E-state index contributed by atoms with van der Waals surface area (Å²) in [7, 11) is 3.08. The van der Waals surface area contributed by atoms with E-state index in [9.17, 15) is 0 Å². The smallest absolute Gasteiger partial charge is 0.493 e. The minimum Gasteiger partial charge on any atom is -0.493 e. The van der Waals surface area contributed by atoms with Gasteiger partial charge in [0.15, 0.2) is 17.2 Å². The topological polar surface area (TPSA) is 26.4 Å². The predicted octanol–water partition coefficient (Wildman–Crippen LogP) is 5.40. The van der Waals surface area contributed by atoms with Crippen LogP contribution in [0.4, 0.5) is 8.63 Å². The molecule has 0 fully saturated rings. The Hall–Kier alpha value is -1.39. The number of hydrogen-bond acceptors (Lipinski definition) is 2. The van der Waals surface area contributed by atoms with Crippen molar-refractivity contribution >= 4 is 65.0 Å². The third-order valence-electron chi connectivity index (χ3n) is 4.62. The molecule has 0 N–H and O–H groups in total. The lowest BCUT2D eigenvalue weighted by Crippen LogP contribution is -2.50. The van der Waals surface area contributed by atoms with Crippen molar-refractivity contribution in [1.82, 2.24) is 4.48 Å². The summed E-state index contributed by atoms with van der Waals surface area (Å²) < 4.78 is 44.7. The van der Waals surface area contributed by atoms with Gasteiger partial charge in [-0.3, -0.25) is 0 Å². The number of hydrogen-bond donors (Lipinski definition) is 0. The van der Waals surface area contributed by atoms with Gasteiger partial charge in [-0.05, 0) is 56.1 Å². The Labute approximate surface area is 179 Å². The largest absolute Gasteiger partial charge is 0.738 e. The van der Waals surface area contributed by atoms with Crippen LogP contribution in [0, 0.1) is 0 Å². The molecule has 0 radical (unpaired) electrons. The minimum absolute atomic E-state index is 0.308. The molecule has 0 saturated heterocycles. The molecule has 0 atom stereocenters. The number of aromatic nitrogens is 1. The van der Waals surface area contributed by atoms with E-state index in [2.05, 4.69) is 47.8 Å². The van der Waals surface area contributed by atoms with Crippen molar-refractivity contribution in [2.75, 3.05) is 14.2 Å². The number of halogens is 5. The van der Waals surface area contributed by atoms with Crippen LogP contribution in [0.15, 0.2) is 51.2 Å². The zero-order chi connectivity index (χ0) is 19.5. The van der Waals surface area contributed by atoms with E-state index in [1.807, 2.05) is 6.07 Å². The number of nitrogens with zero attached hydrogens (tertiary/aromatic N) is 2. The number of methoxy groups -OCH3 is 2. The van der Waals surface area contributed by atoms with E-state index in [0.29, 0.717) is 42.2 Å². The fourth-order valence-corrected chi connectivity index (χ4v) is 5.32. The zero-order valence-corrected chi connectivity index (χ0v) is 18.9. The molecule has 4 rings (SSSR count). The lowest BCUT2D eigenvalue weighted by Gasteiger charge is -2.32. The van der Waals surface area contributed by atoms with Gasteiger partial charge in [-0.1, -0.05) is 0 Å². The van der Waals surface area contributed by atoms with Gasteiger partial charge in [0, 0.05) is 39.3 Å².